The Morgan fingerprint density at radius 3 is 2.77 bits per heavy atom. The molecule has 0 fully saturated rings. The van der Waals surface area contributed by atoms with E-state index < -0.39 is 17.6 Å². The van der Waals surface area contributed by atoms with E-state index in [4.69, 9.17) is 4.84 Å². The number of hydrogen-bond donors (Lipinski definition) is 1. The summed E-state index contributed by atoms with van der Waals surface area (Å²) in [4.78, 5) is 21.7. The van der Waals surface area contributed by atoms with Crippen molar-refractivity contribution in [3.63, 3.8) is 0 Å². The molecule has 0 saturated carbocycles. The van der Waals surface area contributed by atoms with E-state index in [2.05, 4.69) is 15.6 Å². The van der Waals surface area contributed by atoms with Crippen molar-refractivity contribution < 1.29 is 22.8 Å². The van der Waals surface area contributed by atoms with E-state index in [1.54, 1.807) is 24.4 Å². The second-order valence-corrected chi connectivity index (χ2v) is 6.01. The average Bonchev–Trinajstić information content (AvgIpc) is 3.28. The molecule has 0 aliphatic carbocycles. The number of carbonyl (C=O) groups is 1. The third-order valence-electron chi connectivity index (χ3n) is 3.28. The van der Waals surface area contributed by atoms with Gasteiger partial charge in [-0.3, -0.25) is 9.63 Å². The van der Waals surface area contributed by atoms with Gasteiger partial charge in [-0.15, -0.1) is 16.4 Å². The summed E-state index contributed by atoms with van der Waals surface area (Å²) in [6, 6.07) is 8.17. The molecule has 0 bridgehead atoms. The Morgan fingerprint density at radius 1 is 1.31 bits per heavy atom. The first-order valence-corrected chi connectivity index (χ1v) is 8.39. The van der Waals surface area contributed by atoms with Crippen LogP contribution in [0.4, 0.5) is 13.2 Å². The van der Waals surface area contributed by atoms with Gasteiger partial charge in [0, 0.05) is 0 Å². The molecule has 1 aromatic carbocycles. The van der Waals surface area contributed by atoms with E-state index in [0.717, 1.165) is 12.1 Å². The van der Waals surface area contributed by atoms with Crippen LogP contribution in [0, 0.1) is 0 Å². The van der Waals surface area contributed by atoms with Gasteiger partial charge in [-0.25, -0.2) is 15.1 Å². The molecule has 6 nitrogen and oxygen atoms in total. The van der Waals surface area contributed by atoms with E-state index in [-0.39, 0.29) is 23.9 Å². The molecule has 1 N–H and O–H groups in total. The largest absolute Gasteiger partial charge is 0.416 e. The number of carbonyl (C=O) groups excluding carboxylic acids is 1. The zero-order valence-corrected chi connectivity index (χ0v) is 14.3. The SMILES string of the molecule is CCONC(=O)c1nc(-c2cccs2)n(-c2cccc(C(F)(F)F)c2)n1. The van der Waals surface area contributed by atoms with Crippen LogP contribution in [0.1, 0.15) is 23.1 Å². The third kappa shape index (κ3) is 3.75. The number of rotatable bonds is 5. The quantitative estimate of drug-likeness (QED) is 0.684. The molecule has 0 radical (unpaired) electrons. The van der Waals surface area contributed by atoms with Gasteiger partial charge in [0.1, 0.15) is 0 Å². The smallest absolute Gasteiger partial charge is 0.274 e. The van der Waals surface area contributed by atoms with Crippen molar-refractivity contribution >= 4 is 17.2 Å². The predicted octanol–water partition coefficient (Wildman–Crippen LogP) is 3.70. The fraction of sp³-hybridized carbons (Fsp3) is 0.188. The molecule has 0 spiro atoms. The first kappa shape index (κ1) is 18.1. The van der Waals surface area contributed by atoms with Crippen LogP contribution in [-0.4, -0.2) is 27.3 Å². The number of hydrogen-bond acceptors (Lipinski definition) is 5. The summed E-state index contributed by atoms with van der Waals surface area (Å²) in [7, 11) is 0. The van der Waals surface area contributed by atoms with Crippen LogP contribution < -0.4 is 5.48 Å². The summed E-state index contributed by atoms with van der Waals surface area (Å²) in [5.41, 5.74) is 1.50. The summed E-state index contributed by atoms with van der Waals surface area (Å²) >= 11 is 1.33. The number of thiophene rings is 1. The van der Waals surface area contributed by atoms with Gasteiger partial charge in [0.15, 0.2) is 5.82 Å². The lowest BCUT2D eigenvalue weighted by atomic mass is 10.2. The summed E-state index contributed by atoms with van der Waals surface area (Å²) < 4.78 is 40.2. The highest BCUT2D eigenvalue weighted by atomic mass is 32.1. The molecule has 3 rings (SSSR count). The van der Waals surface area contributed by atoms with E-state index in [1.165, 1.54) is 28.2 Å². The standard InChI is InChI=1S/C16H13F3N4O2S/c1-2-25-22-15(24)13-20-14(12-7-4-8-26-12)23(21-13)11-6-3-5-10(9-11)16(17,18)19/h3-9H,2H2,1H3,(H,22,24). The maximum Gasteiger partial charge on any atom is 0.416 e. The van der Waals surface area contributed by atoms with Crippen molar-refractivity contribution in [2.45, 2.75) is 13.1 Å². The minimum atomic E-state index is -4.49. The highest BCUT2D eigenvalue weighted by Crippen LogP contribution is 2.31. The molecule has 0 aliphatic heterocycles. The maximum absolute atomic E-state index is 13.0. The molecular formula is C16H13F3N4O2S. The monoisotopic (exact) mass is 382 g/mol. The lowest BCUT2D eigenvalue weighted by Gasteiger charge is -2.09. The molecule has 10 heteroatoms. The third-order valence-corrected chi connectivity index (χ3v) is 4.14. The van der Waals surface area contributed by atoms with Gasteiger partial charge < -0.3 is 0 Å². The van der Waals surface area contributed by atoms with Crippen LogP contribution >= 0.6 is 11.3 Å². The van der Waals surface area contributed by atoms with Crippen molar-refractivity contribution in [1.82, 2.24) is 20.2 Å². The lowest BCUT2D eigenvalue weighted by molar-refractivity contribution is -0.137. The molecule has 0 unspecified atom stereocenters. The molecule has 26 heavy (non-hydrogen) atoms. The molecule has 0 atom stereocenters. The second kappa shape index (κ2) is 7.26. The molecule has 1 amide bonds. The number of aromatic nitrogens is 3. The number of nitrogens with zero attached hydrogens (tertiary/aromatic N) is 3. The Hall–Kier alpha value is -2.72. The van der Waals surface area contributed by atoms with E-state index in [1.807, 2.05) is 0 Å². The summed E-state index contributed by atoms with van der Waals surface area (Å²) in [6.45, 7) is 1.93. The van der Waals surface area contributed by atoms with E-state index in [9.17, 15) is 18.0 Å². The van der Waals surface area contributed by atoms with Gasteiger partial charge in [0.05, 0.1) is 22.7 Å². The van der Waals surface area contributed by atoms with Gasteiger partial charge in [-0.05, 0) is 36.6 Å². The van der Waals surface area contributed by atoms with Gasteiger partial charge in [0.25, 0.3) is 0 Å². The van der Waals surface area contributed by atoms with Gasteiger partial charge in [-0.2, -0.15) is 13.2 Å². The number of benzene rings is 1. The summed E-state index contributed by atoms with van der Waals surface area (Å²) in [6.07, 6.45) is -4.49. The van der Waals surface area contributed by atoms with Crippen molar-refractivity contribution in [2.75, 3.05) is 6.61 Å². The Morgan fingerprint density at radius 2 is 2.12 bits per heavy atom. The number of halogens is 3. The van der Waals surface area contributed by atoms with Crippen LogP contribution in [0.25, 0.3) is 16.4 Å². The fourth-order valence-electron chi connectivity index (χ4n) is 2.15. The summed E-state index contributed by atoms with van der Waals surface area (Å²) in [5.74, 6) is -0.629. The van der Waals surface area contributed by atoms with E-state index in [0.29, 0.717) is 4.88 Å². The lowest BCUT2D eigenvalue weighted by Crippen LogP contribution is -2.24. The highest BCUT2D eigenvalue weighted by molar-refractivity contribution is 7.13. The number of nitrogens with one attached hydrogen (secondary N) is 1. The Labute approximate surface area is 150 Å². The molecule has 0 aliphatic rings. The van der Waals surface area contributed by atoms with Crippen molar-refractivity contribution in [2.24, 2.45) is 0 Å². The van der Waals surface area contributed by atoms with Gasteiger partial charge in [-0.1, -0.05) is 12.1 Å². The molecular weight excluding hydrogens is 369 g/mol. The minimum absolute atomic E-state index is 0.145. The van der Waals surface area contributed by atoms with Crippen LogP contribution in [0.3, 0.4) is 0 Å². The van der Waals surface area contributed by atoms with E-state index >= 15 is 0 Å². The first-order chi connectivity index (χ1) is 12.4. The number of hydroxylamine groups is 1. The molecule has 2 aromatic heterocycles. The molecule has 2 heterocycles. The zero-order chi connectivity index (χ0) is 18.7. The van der Waals surface area contributed by atoms with Crippen molar-refractivity contribution in [1.29, 1.82) is 0 Å². The predicted molar refractivity (Wildman–Crippen MR) is 88.8 cm³/mol. The maximum atomic E-state index is 13.0. The molecule has 136 valence electrons. The highest BCUT2D eigenvalue weighted by Gasteiger charge is 2.31. The van der Waals surface area contributed by atoms with Crippen LogP contribution in [-0.2, 0) is 11.0 Å². The van der Waals surface area contributed by atoms with Gasteiger partial charge in [0.2, 0.25) is 5.82 Å². The minimum Gasteiger partial charge on any atom is -0.274 e. The zero-order valence-electron chi connectivity index (χ0n) is 13.4. The topological polar surface area (TPSA) is 69.0 Å². The molecule has 0 saturated heterocycles. The Bertz CT molecular complexity index is 907. The normalized spacial score (nSPS) is 11.5. The fourth-order valence-corrected chi connectivity index (χ4v) is 2.85. The number of amides is 1. The van der Waals surface area contributed by atoms with Crippen LogP contribution in [0.2, 0.25) is 0 Å². The Balaban J connectivity index is 2.08. The molecule has 3 aromatic rings. The van der Waals surface area contributed by atoms with Crippen molar-refractivity contribution in [3.05, 3.63) is 53.2 Å². The van der Waals surface area contributed by atoms with Crippen LogP contribution in [0.15, 0.2) is 41.8 Å². The van der Waals surface area contributed by atoms with Crippen LogP contribution in [0.5, 0.6) is 0 Å². The van der Waals surface area contributed by atoms with Gasteiger partial charge >= 0.3 is 12.1 Å². The average molecular weight is 382 g/mol. The second-order valence-electron chi connectivity index (χ2n) is 5.06. The first-order valence-electron chi connectivity index (χ1n) is 7.51. The Kier molecular flexibility index (Phi) is 5.05. The summed E-state index contributed by atoms with van der Waals surface area (Å²) in [5, 5.41) is 5.86. The van der Waals surface area contributed by atoms with Crippen molar-refractivity contribution in [3.8, 4) is 16.4 Å². The number of alkyl halides is 3.